The minimum Gasteiger partial charge on any atom is -0.444 e. The van der Waals surface area contributed by atoms with Crippen molar-refractivity contribution < 1.29 is 9.53 Å². The van der Waals surface area contributed by atoms with E-state index in [1.807, 2.05) is 20.8 Å². The van der Waals surface area contributed by atoms with Gasteiger partial charge in [-0.1, -0.05) is 0 Å². The van der Waals surface area contributed by atoms with Crippen LogP contribution in [0.3, 0.4) is 0 Å². The fourth-order valence-electron chi connectivity index (χ4n) is 2.96. The molecule has 0 radical (unpaired) electrons. The SMILES string of the molecule is CC(C)(C)OC(=O)N1CCC2(CCC2C#N)CC1. The van der Waals surface area contributed by atoms with E-state index in [9.17, 15) is 4.79 Å². The molecule has 0 aromatic rings. The van der Waals surface area contributed by atoms with Gasteiger partial charge in [-0.15, -0.1) is 0 Å². The van der Waals surface area contributed by atoms with Crippen LogP contribution in [-0.2, 0) is 4.74 Å². The highest BCUT2D eigenvalue weighted by Crippen LogP contribution is 2.53. The summed E-state index contributed by atoms with van der Waals surface area (Å²) in [6.07, 6.45) is 3.86. The summed E-state index contributed by atoms with van der Waals surface area (Å²) in [5, 5.41) is 9.08. The average molecular weight is 250 g/mol. The van der Waals surface area contributed by atoms with Gasteiger partial charge in [-0.2, -0.15) is 5.26 Å². The molecular formula is C14H22N2O2. The quantitative estimate of drug-likeness (QED) is 0.664. The maximum Gasteiger partial charge on any atom is 0.410 e. The summed E-state index contributed by atoms with van der Waals surface area (Å²) in [4.78, 5) is 13.7. The van der Waals surface area contributed by atoms with E-state index in [0.29, 0.717) is 0 Å². The molecule has 4 nitrogen and oxygen atoms in total. The highest BCUT2D eigenvalue weighted by Gasteiger charge is 2.49. The summed E-state index contributed by atoms with van der Waals surface area (Å²) in [5.74, 6) is 0.207. The third kappa shape index (κ3) is 2.45. The second kappa shape index (κ2) is 4.46. The fraction of sp³-hybridized carbons (Fsp3) is 0.857. The Bertz CT molecular complexity index is 370. The van der Waals surface area contributed by atoms with Gasteiger partial charge in [-0.05, 0) is 51.9 Å². The fourth-order valence-corrected chi connectivity index (χ4v) is 2.96. The molecule has 1 spiro atoms. The summed E-state index contributed by atoms with van der Waals surface area (Å²) in [6, 6.07) is 2.41. The summed E-state index contributed by atoms with van der Waals surface area (Å²) in [6.45, 7) is 7.11. The van der Waals surface area contributed by atoms with E-state index in [2.05, 4.69) is 6.07 Å². The van der Waals surface area contributed by atoms with Gasteiger partial charge in [0.15, 0.2) is 0 Å². The van der Waals surface area contributed by atoms with Crippen molar-refractivity contribution in [3.8, 4) is 6.07 Å². The number of rotatable bonds is 0. The van der Waals surface area contributed by atoms with E-state index in [1.54, 1.807) is 4.90 Å². The second-order valence-electron chi connectivity index (χ2n) is 6.55. The Balaban J connectivity index is 1.88. The van der Waals surface area contributed by atoms with Gasteiger partial charge in [-0.25, -0.2) is 4.79 Å². The van der Waals surface area contributed by atoms with Gasteiger partial charge in [0.05, 0.1) is 12.0 Å². The van der Waals surface area contributed by atoms with E-state index in [-0.39, 0.29) is 17.4 Å². The predicted molar refractivity (Wildman–Crippen MR) is 67.8 cm³/mol. The van der Waals surface area contributed by atoms with Gasteiger partial charge in [-0.3, -0.25) is 0 Å². The van der Waals surface area contributed by atoms with Crippen molar-refractivity contribution in [3.63, 3.8) is 0 Å². The Morgan fingerprint density at radius 3 is 2.33 bits per heavy atom. The van der Waals surface area contributed by atoms with E-state index in [0.717, 1.165) is 38.8 Å². The Kier molecular flexibility index (Phi) is 3.27. The first-order valence-corrected chi connectivity index (χ1v) is 6.74. The monoisotopic (exact) mass is 250 g/mol. The van der Waals surface area contributed by atoms with Gasteiger partial charge < -0.3 is 9.64 Å². The summed E-state index contributed by atoms with van der Waals surface area (Å²) >= 11 is 0. The van der Waals surface area contributed by atoms with Crippen molar-refractivity contribution in [2.24, 2.45) is 11.3 Å². The number of carbonyl (C=O) groups excluding carboxylic acids is 1. The van der Waals surface area contributed by atoms with Crippen LogP contribution in [-0.4, -0.2) is 29.7 Å². The smallest absolute Gasteiger partial charge is 0.410 e. The lowest BCUT2D eigenvalue weighted by molar-refractivity contribution is -0.0234. The lowest BCUT2D eigenvalue weighted by Gasteiger charge is -2.51. The van der Waals surface area contributed by atoms with Crippen LogP contribution in [0.4, 0.5) is 4.79 Å². The maximum absolute atomic E-state index is 11.9. The summed E-state index contributed by atoms with van der Waals surface area (Å²) in [7, 11) is 0. The van der Waals surface area contributed by atoms with Crippen LogP contribution in [0, 0.1) is 22.7 Å². The lowest BCUT2D eigenvalue weighted by atomic mass is 9.56. The van der Waals surface area contributed by atoms with Crippen molar-refractivity contribution in [2.75, 3.05) is 13.1 Å². The van der Waals surface area contributed by atoms with Crippen LogP contribution in [0.1, 0.15) is 46.5 Å². The molecule has 1 atom stereocenters. The van der Waals surface area contributed by atoms with Crippen molar-refractivity contribution in [1.29, 1.82) is 5.26 Å². The topological polar surface area (TPSA) is 53.3 Å². The van der Waals surface area contributed by atoms with Crippen LogP contribution >= 0.6 is 0 Å². The lowest BCUT2D eigenvalue weighted by Crippen LogP contribution is -2.51. The molecule has 0 bridgehead atoms. The molecule has 1 saturated carbocycles. The highest BCUT2D eigenvalue weighted by molar-refractivity contribution is 5.68. The zero-order valence-electron chi connectivity index (χ0n) is 11.5. The van der Waals surface area contributed by atoms with Gasteiger partial charge >= 0.3 is 6.09 Å². The molecule has 0 N–H and O–H groups in total. The van der Waals surface area contributed by atoms with Gasteiger partial charge in [0.25, 0.3) is 0 Å². The predicted octanol–water partition coefficient (Wildman–Crippen LogP) is 2.94. The minimum absolute atomic E-state index is 0.202. The number of amides is 1. The Hall–Kier alpha value is -1.24. The third-order valence-electron chi connectivity index (χ3n) is 4.24. The molecule has 1 amide bonds. The van der Waals surface area contributed by atoms with Crippen LogP contribution in [0.15, 0.2) is 0 Å². The Morgan fingerprint density at radius 2 is 1.94 bits per heavy atom. The normalized spacial score (nSPS) is 26.3. The van der Waals surface area contributed by atoms with Crippen molar-refractivity contribution in [1.82, 2.24) is 4.90 Å². The highest BCUT2D eigenvalue weighted by atomic mass is 16.6. The number of nitriles is 1. The molecule has 18 heavy (non-hydrogen) atoms. The zero-order chi connectivity index (χ0) is 13.4. The number of ether oxygens (including phenoxy) is 1. The zero-order valence-corrected chi connectivity index (χ0v) is 11.5. The molecule has 2 rings (SSSR count). The minimum atomic E-state index is -0.433. The third-order valence-corrected chi connectivity index (χ3v) is 4.24. The molecule has 2 aliphatic rings. The summed E-state index contributed by atoms with van der Waals surface area (Å²) in [5.41, 5.74) is -0.231. The molecule has 1 heterocycles. The number of likely N-dealkylation sites (tertiary alicyclic amines) is 1. The van der Waals surface area contributed by atoms with Crippen LogP contribution < -0.4 is 0 Å². The van der Waals surface area contributed by atoms with E-state index in [4.69, 9.17) is 10.00 Å². The molecule has 1 saturated heterocycles. The van der Waals surface area contributed by atoms with Crippen LogP contribution in [0.25, 0.3) is 0 Å². The molecule has 100 valence electrons. The maximum atomic E-state index is 11.9. The number of nitrogens with zero attached hydrogens (tertiary/aromatic N) is 2. The first kappa shape index (κ1) is 13.2. The molecular weight excluding hydrogens is 228 g/mol. The summed E-state index contributed by atoms with van der Waals surface area (Å²) < 4.78 is 5.37. The molecule has 1 unspecified atom stereocenters. The Labute approximate surface area is 109 Å². The van der Waals surface area contributed by atoms with Crippen LogP contribution in [0.2, 0.25) is 0 Å². The molecule has 0 aromatic heterocycles. The molecule has 1 aliphatic heterocycles. The van der Waals surface area contributed by atoms with Crippen LogP contribution in [0.5, 0.6) is 0 Å². The molecule has 4 heteroatoms. The largest absolute Gasteiger partial charge is 0.444 e. The first-order valence-electron chi connectivity index (χ1n) is 6.74. The second-order valence-corrected chi connectivity index (χ2v) is 6.55. The van der Waals surface area contributed by atoms with E-state index >= 15 is 0 Å². The van der Waals surface area contributed by atoms with E-state index < -0.39 is 5.60 Å². The Morgan fingerprint density at radius 1 is 1.33 bits per heavy atom. The van der Waals surface area contributed by atoms with E-state index in [1.165, 1.54) is 0 Å². The number of carbonyl (C=O) groups is 1. The van der Waals surface area contributed by atoms with Crippen molar-refractivity contribution >= 4 is 6.09 Å². The first-order chi connectivity index (χ1) is 8.36. The van der Waals surface area contributed by atoms with Gasteiger partial charge in [0.1, 0.15) is 5.60 Å². The number of hydrogen-bond acceptors (Lipinski definition) is 3. The molecule has 0 aromatic carbocycles. The number of piperidine rings is 1. The average Bonchev–Trinajstić information content (AvgIpc) is 2.26. The van der Waals surface area contributed by atoms with Gasteiger partial charge in [0, 0.05) is 13.1 Å². The molecule has 1 aliphatic carbocycles. The van der Waals surface area contributed by atoms with Crippen molar-refractivity contribution in [3.05, 3.63) is 0 Å². The number of hydrogen-bond donors (Lipinski definition) is 0. The molecule has 2 fully saturated rings. The van der Waals surface area contributed by atoms with Gasteiger partial charge in [0.2, 0.25) is 0 Å². The standard InChI is InChI=1S/C14H22N2O2/c1-13(2,3)18-12(17)16-8-6-14(7-9-16)5-4-11(14)10-15/h11H,4-9H2,1-3H3. The van der Waals surface area contributed by atoms with Crippen molar-refractivity contribution in [2.45, 2.75) is 52.1 Å².